The van der Waals surface area contributed by atoms with Crippen molar-refractivity contribution in [1.82, 2.24) is 4.90 Å². The first kappa shape index (κ1) is 27.5. The highest BCUT2D eigenvalue weighted by molar-refractivity contribution is 7.92. The number of hydrogen-bond acceptors (Lipinski definition) is 4. The Kier molecular flexibility index (Phi) is 7.57. The average Bonchev–Trinajstić information content (AvgIpc) is 3.75. The highest BCUT2D eigenvalue weighted by Gasteiger charge is 2.54. The molecule has 2 saturated carbocycles. The molecule has 3 fully saturated rings. The monoisotopic (exact) mass is 577 g/mol. The summed E-state index contributed by atoms with van der Waals surface area (Å²) in [6.07, 6.45) is 3.64. The predicted molar refractivity (Wildman–Crippen MR) is 148 cm³/mol. The van der Waals surface area contributed by atoms with Crippen molar-refractivity contribution >= 4 is 44.9 Å². The van der Waals surface area contributed by atoms with Gasteiger partial charge in [-0.25, -0.2) is 8.42 Å². The first-order valence-electron chi connectivity index (χ1n) is 13.3. The maximum atomic E-state index is 14.4. The number of sulfone groups is 1. The molecule has 1 amide bonds. The molecule has 4 atom stereocenters. The average molecular weight is 579 g/mol. The lowest BCUT2D eigenvalue weighted by molar-refractivity contribution is -0.161. The van der Waals surface area contributed by atoms with Crippen molar-refractivity contribution < 1.29 is 23.1 Å². The van der Waals surface area contributed by atoms with Crippen molar-refractivity contribution in [3.8, 4) is 0 Å². The fourth-order valence-electron chi connectivity index (χ4n) is 6.21. The van der Waals surface area contributed by atoms with Crippen LogP contribution < -0.4 is 0 Å². The van der Waals surface area contributed by atoms with Gasteiger partial charge in [-0.2, -0.15) is 0 Å². The Balaban J connectivity index is 1.63. The van der Waals surface area contributed by atoms with E-state index in [2.05, 4.69) is 0 Å². The molecule has 2 aliphatic carbocycles. The number of halogens is 2. The van der Waals surface area contributed by atoms with Gasteiger partial charge in [0.15, 0.2) is 9.84 Å². The van der Waals surface area contributed by atoms with Crippen LogP contribution in [0.3, 0.4) is 0 Å². The van der Waals surface area contributed by atoms with E-state index < -0.39 is 27.3 Å². The predicted octanol–water partition coefficient (Wildman–Crippen LogP) is 6.28. The highest BCUT2D eigenvalue weighted by Crippen LogP contribution is 2.54. The van der Waals surface area contributed by atoms with E-state index in [1.165, 1.54) is 0 Å². The molecule has 0 unspecified atom stereocenters. The second kappa shape index (κ2) is 10.5. The summed E-state index contributed by atoms with van der Waals surface area (Å²) in [5.74, 6) is -1.27. The van der Waals surface area contributed by atoms with Gasteiger partial charge in [0.25, 0.3) is 0 Å². The van der Waals surface area contributed by atoms with E-state index >= 15 is 0 Å². The fourth-order valence-corrected chi connectivity index (χ4v) is 8.29. The Hall–Kier alpha value is -2.09. The Morgan fingerprint density at radius 1 is 1.05 bits per heavy atom. The Bertz CT molecular complexity index is 1320. The number of benzene rings is 2. The van der Waals surface area contributed by atoms with Crippen LogP contribution >= 0.6 is 23.2 Å². The largest absolute Gasteiger partial charge is 0.481 e. The Labute approximate surface area is 234 Å². The maximum Gasteiger partial charge on any atom is 0.304 e. The molecule has 38 heavy (non-hydrogen) atoms. The van der Waals surface area contributed by atoms with E-state index in [-0.39, 0.29) is 41.2 Å². The van der Waals surface area contributed by atoms with Crippen LogP contribution in [0.4, 0.5) is 0 Å². The molecule has 5 rings (SSSR count). The number of carboxylic acid groups (broad SMARTS) is 1. The number of piperidine rings is 1. The van der Waals surface area contributed by atoms with Crippen molar-refractivity contribution in [3.63, 3.8) is 0 Å². The number of carbonyl (C=O) groups is 2. The Morgan fingerprint density at radius 3 is 2.32 bits per heavy atom. The molecule has 0 spiro atoms. The number of carboxylic acids is 1. The molecule has 2 aromatic rings. The van der Waals surface area contributed by atoms with Gasteiger partial charge in [0, 0.05) is 22.0 Å². The molecule has 6 nitrogen and oxygen atoms in total. The van der Waals surface area contributed by atoms with Gasteiger partial charge < -0.3 is 10.0 Å². The SMILES string of the molecule is C[C@]1(CC(=O)O)C[C@H](c2cccc(Cl)c2)[C@@H](c2ccc(Cl)cc2)N([C@@H](CCS(=O)(=O)C2CC2)C2CC2)C1=O. The molecular formula is C29H33Cl2NO5S. The minimum Gasteiger partial charge on any atom is -0.481 e. The fraction of sp³-hybridized carbons (Fsp3) is 0.517. The molecular weight excluding hydrogens is 545 g/mol. The quantitative estimate of drug-likeness (QED) is 0.359. The molecule has 2 aromatic carbocycles. The summed E-state index contributed by atoms with van der Waals surface area (Å²) in [5, 5.41) is 10.7. The summed E-state index contributed by atoms with van der Waals surface area (Å²) in [5.41, 5.74) is 0.664. The van der Waals surface area contributed by atoms with Crippen molar-refractivity contribution in [1.29, 1.82) is 0 Å². The maximum absolute atomic E-state index is 14.4. The van der Waals surface area contributed by atoms with Crippen LogP contribution in [0, 0.1) is 11.3 Å². The number of hydrogen-bond donors (Lipinski definition) is 1. The number of nitrogens with zero attached hydrogens (tertiary/aromatic N) is 1. The van der Waals surface area contributed by atoms with Crippen molar-refractivity contribution in [2.24, 2.45) is 11.3 Å². The summed E-state index contributed by atoms with van der Waals surface area (Å²) in [4.78, 5) is 28.2. The zero-order valence-corrected chi connectivity index (χ0v) is 23.7. The van der Waals surface area contributed by atoms with E-state index in [1.807, 2.05) is 35.2 Å². The lowest BCUT2D eigenvalue weighted by atomic mass is 9.67. The molecule has 0 radical (unpaired) electrons. The molecule has 1 saturated heterocycles. The molecule has 3 aliphatic rings. The lowest BCUT2D eigenvalue weighted by Crippen LogP contribution is -2.57. The van der Waals surface area contributed by atoms with Crippen LogP contribution in [-0.2, 0) is 19.4 Å². The van der Waals surface area contributed by atoms with Crippen LogP contribution in [0.1, 0.15) is 75.0 Å². The van der Waals surface area contributed by atoms with Gasteiger partial charge >= 0.3 is 5.97 Å². The first-order valence-corrected chi connectivity index (χ1v) is 15.7. The van der Waals surface area contributed by atoms with Crippen LogP contribution in [-0.4, -0.2) is 47.3 Å². The smallest absolute Gasteiger partial charge is 0.304 e. The minimum atomic E-state index is -3.22. The van der Waals surface area contributed by atoms with Crippen LogP contribution in [0.5, 0.6) is 0 Å². The standard InChI is InChI=1S/C29H33Cl2NO5S/c1-29(17-26(33)34)16-24(20-3-2-4-22(31)15-20)27(19-7-9-21(30)10-8-19)32(28(29)35)25(18-5-6-18)13-14-38(36,37)23-11-12-23/h2-4,7-10,15,18,23-25,27H,5-6,11-14,16-17H2,1H3,(H,33,34)/t24-,25+,27-,29-/m1/s1. The third-order valence-corrected chi connectivity index (χ3v) is 11.2. The van der Waals surface area contributed by atoms with Gasteiger partial charge in [0.1, 0.15) is 0 Å². The normalized spacial score (nSPS) is 26.8. The van der Waals surface area contributed by atoms with Crippen molar-refractivity contribution in [2.45, 2.75) is 75.1 Å². The topological polar surface area (TPSA) is 91.8 Å². The van der Waals surface area contributed by atoms with Crippen LogP contribution in [0.15, 0.2) is 48.5 Å². The number of likely N-dealkylation sites (tertiary alicyclic amines) is 1. The van der Waals surface area contributed by atoms with Gasteiger partial charge in [-0.3, -0.25) is 9.59 Å². The molecule has 0 bridgehead atoms. The molecule has 204 valence electrons. The number of rotatable bonds is 10. The van der Waals surface area contributed by atoms with Gasteiger partial charge in [0.2, 0.25) is 5.91 Å². The van der Waals surface area contributed by atoms with Gasteiger partial charge in [0.05, 0.1) is 28.9 Å². The van der Waals surface area contributed by atoms with Crippen molar-refractivity contribution in [3.05, 3.63) is 69.7 Å². The second-order valence-electron chi connectivity index (χ2n) is 11.5. The molecule has 1 heterocycles. The summed E-state index contributed by atoms with van der Waals surface area (Å²) >= 11 is 12.6. The van der Waals surface area contributed by atoms with Crippen LogP contribution in [0.2, 0.25) is 10.0 Å². The third-order valence-electron chi connectivity index (χ3n) is 8.39. The summed E-state index contributed by atoms with van der Waals surface area (Å²) in [6, 6.07) is 14.2. The van der Waals surface area contributed by atoms with Gasteiger partial charge in [-0.1, -0.05) is 54.4 Å². The zero-order valence-electron chi connectivity index (χ0n) is 21.4. The highest BCUT2D eigenvalue weighted by atomic mass is 35.5. The van der Waals surface area contributed by atoms with E-state index in [0.717, 1.165) is 24.0 Å². The first-order chi connectivity index (χ1) is 18.0. The molecule has 1 N–H and O–H groups in total. The zero-order chi connectivity index (χ0) is 27.2. The number of aliphatic carboxylic acids is 1. The number of carbonyl (C=O) groups excluding carboxylic acids is 1. The van der Waals surface area contributed by atoms with Crippen LogP contribution in [0.25, 0.3) is 0 Å². The van der Waals surface area contributed by atoms with E-state index in [9.17, 15) is 23.1 Å². The second-order valence-corrected chi connectivity index (χ2v) is 14.7. The minimum absolute atomic E-state index is 0.0351. The van der Waals surface area contributed by atoms with Gasteiger partial charge in [-0.05, 0) is 79.8 Å². The summed E-state index contributed by atoms with van der Waals surface area (Å²) < 4.78 is 25.8. The third kappa shape index (κ3) is 5.75. The molecule has 1 aliphatic heterocycles. The molecule has 9 heteroatoms. The number of amides is 1. The summed E-state index contributed by atoms with van der Waals surface area (Å²) in [7, 11) is -3.22. The van der Waals surface area contributed by atoms with E-state index in [1.54, 1.807) is 25.1 Å². The lowest BCUT2D eigenvalue weighted by Gasteiger charge is -2.52. The summed E-state index contributed by atoms with van der Waals surface area (Å²) in [6.45, 7) is 1.73. The van der Waals surface area contributed by atoms with Gasteiger partial charge in [-0.15, -0.1) is 0 Å². The van der Waals surface area contributed by atoms with E-state index in [4.69, 9.17) is 23.2 Å². The Morgan fingerprint density at radius 2 is 1.74 bits per heavy atom. The van der Waals surface area contributed by atoms with Crippen molar-refractivity contribution in [2.75, 3.05) is 5.75 Å². The molecule has 0 aromatic heterocycles. The van der Waals surface area contributed by atoms with E-state index in [0.29, 0.717) is 35.7 Å².